The molecule has 1 fully saturated rings. The molecule has 0 radical (unpaired) electrons. The minimum absolute atomic E-state index is 0.0274. The molecule has 0 saturated carbocycles. The van der Waals surface area contributed by atoms with Gasteiger partial charge in [0.1, 0.15) is 0 Å². The number of anilines is 1. The third kappa shape index (κ3) is 3.54. The Balaban J connectivity index is 2.08. The van der Waals surface area contributed by atoms with Gasteiger partial charge < -0.3 is 10.2 Å². The van der Waals surface area contributed by atoms with Crippen LogP contribution in [-0.2, 0) is 0 Å². The molecule has 3 heteroatoms. The van der Waals surface area contributed by atoms with Crippen molar-refractivity contribution in [2.75, 3.05) is 11.9 Å². The van der Waals surface area contributed by atoms with Crippen LogP contribution in [0.4, 0.5) is 10.5 Å². The highest BCUT2D eigenvalue weighted by atomic mass is 16.2. The van der Waals surface area contributed by atoms with E-state index in [1.165, 1.54) is 12.8 Å². The number of terminal acetylenes is 1. The number of benzene rings is 1. The van der Waals surface area contributed by atoms with E-state index in [9.17, 15) is 4.79 Å². The summed E-state index contributed by atoms with van der Waals surface area (Å²) in [5, 5.41) is 2.96. The number of rotatable bonds is 1. The van der Waals surface area contributed by atoms with Gasteiger partial charge in [0.05, 0.1) is 0 Å². The zero-order valence-electron chi connectivity index (χ0n) is 12.2. The maximum Gasteiger partial charge on any atom is 0.322 e. The number of likely N-dealkylation sites (tertiary alicyclic amines) is 1. The summed E-state index contributed by atoms with van der Waals surface area (Å²) in [6.07, 6.45) is 8.84. The summed E-state index contributed by atoms with van der Waals surface area (Å²) in [4.78, 5) is 14.4. The van der Waals surface area contributed by atoms with E-state index in [0.717, 1.165) is 24.2 Å². The molecule has 1 N–H and O–H groups in total. The van der Waals surface area contributed by atoms with Gasteiger partial charge in [-0.3, -0.25) is 0 Å². The molecule has 20 heavy (non-hydrogen) atoms. The molecule has 3 nitrogen and oxygen atoms in total. The lowest BCUT2D eigenvalue weighted by molar-refractivity contribution is 0.187. The Kier molecular flexibility index (Phi) is 4.68. The van der Waals surface area contributed by atoms with Crippen LogP contribution in [-0.4, -0.2) is 23.5 Å². The van der Waals surface area contributed by atoms with E-state index in [1.54, 1.807) is 0 Å². The Bertz CT molecular complexity index is 518. The van der Waals surface area contributed by atoms with E-state index in [4.69, 9.17) is 6.42 Å². The fourth-order valence-electron chi connectivity index (χ4n) is 2.69. The van der Waals surface area contributed by atoms with Crippen LogP contribution in [0.15, 0.2) is 24.3 Å². The summed E-state index contributed by atoms with van der Waals surface area (Å²) in [6.45, 7) is 5.15. The number of carbonyl (C=O) groups excluding carboxylic acids is 1. The molecule has 1 aliphatic heterocycles. The summed E-state index contributed by atoms with van der Waals surface area (Å²) >= 11 is 0. The molecule has 1 aromatic rings. The number of nitrogens with one attached hydrogen (secondary N) is 1. The molecule has 0 unspecified atom stereocenters. The molecule has 1 aliphatic rings. The molecule has 0 aliphatic carbocycles. The zero-order chi connectivity index (χ0) is 14.5. The van der Waals surface area contributed by atoms with E-state index in [2.05, 4.69) is 25.1 Å². The normalized spacial score (nSPS) is 22.8. The molecule has 1 aromatic carbocycles. The average Bonchev–Trinajstić information content (AvgIpc) is 2.60. The topological polar surface area (TPSA) is 32.3 Å². The maximum atomic E-state index is 12.4. The molecular weight excluding hydrogens is 248 g/mol. The zero-order valence-corrected chi connectivity index (χ0v) is 12.2. The van der Waals surface area contributed by atoms with Gasteiger partial charge in [0.15, 0.2) is 0 Å². The summed E-state index contributed by atoms with van der Waals surface area (Å²) in [5.41, 5.74) is 1.54. The highest BCUT2D eigenvalue weighted by Gasteiger charge is 2.25. The third-order valence-corrected chi connectivity index (χ3v) is 3.90. The SMILES string of the molecule is C#Cc1cccc(NC(=O)N2C[C@@H](C)CCC[C@@H]2C)c1. The number of amides is 2. The summed E-state index contributed by atoms with van der Waals surface area (Å²) in [6, 6.07) is 7.66. The number of nitrogens with zero attached hydrogens (tertiary/aromatic N) is 1. The van der Waals surface area contributed by atoms with Crippen LogP contribution in [0.3, 0.4) is 0 Å². The molecule has 0 spiro atoms. The third-order valence-electron chi connectivity index (χ3n) is 3.90. The van der Waals surface area contributed by atoms with E-state index in [-0.39, 0.29) is 12.1 Å². The summed E-state index contributed by atoms with van der Waals surface area (Å²) in [5.74, 6) is 3.14. The van der Waals surface area contributed by atoms with Crippen molar-refractivity contribution >= 4 is 11.7 Å². The van der Waals surface area contributed by atoms with E-state index in [0.29, 0.717) is 5.92 Å². The fourth-order valence-corrected chi connectivity index (χ4v) is 2.69. The van der Waals surface area contributed by atoms with Gasteiger partial charge in [0, 0.05) is 23.8 Å². The van der Waals surface area contributed by atoms with Crippen LogP contribution >= 0.6 is 0 Å². The predicted octanol–water partition coefficient (Wildman–Crippen LogP) is 3.71. The second-order valence-corrected chi connectivity index (χ2v) is 5.69. The van der Waals surface area contributed by atoms with Gasteiger partial charge in [0.2, 0.25) is 0 Å². The molecule has 0 aromatic heterocycles. The average molecular weight is 270 g/mol. The van der Waals surface area contributed by atoms with Crippen LogP contribution in [0.1, 0.15) is 38.7 Å². The van der Waals surface area contributed by atoms with Gasteiger partial charge in [-0.25, -0.2) is 4.79 Å². The van der Waals surface area contributed by atoms with Crippen LogP contribution < -0.4 is 5.32 Å². The molecule has 2 amide bonds. The Hall–Kier alpha value is -1.95. The summed E-state index contributed by atoms with van der Waals surface area (Å²) in [7, 11) is 0. The first-order valence-electron chi connectivity index (χ1n) is 7.24. The largest absolute Gasteiger partial charge is 0.322 e. The highest BCUT2D eigenvalue weighted by molar-refractivity contribution is 5.89. The lowest BCUT2D eigenvalue weighted by Crippen LogP contribution is -2.42. The Morgan fingerprint density at radius 3 is 2.95 bits per heavy atom. The molecule has 0 bridgehead atoms. The van der Waals surface area contributed by atoms with Crippen molar-refractivity contribution in [1.29, 1.82) is 0 Å². The van der Waals surface area contributed by atoms with Gasteiger partial charge in [-0.05, 0) is 43.9 Å². The first-order chi connectivity index (χ1) is 9.60. The molecule has 2 atom stereocenters. The van der Waals surface area contributed by atoms with Gasteiger partial charge >= 0.3 is 6.03 Å². The number of hydrogen-bond donors (Lipinski definition) is 1. The van der Waals surface area contributed by atoms with Gasteiger partial charge in [-0.15, -0.1) is 6.42 Å². The minimum Gasteiger partial charge on any atom is -0.322 e. The standard InChI is InChI=1S/C17H22N2O/c1-4-15-9-6-10-16(11-15)18-17(20)19-12-13(2)7-5-8-14(19)3/h1,6,9-11,13-14H,5,7-8,12H2,2-3H3,(H,18,20)/t13-,14-/m0/s1. The predicted molar refractivity (Wildman–Crippen MR) is 82.6 cm³/mol. The van der Waals surface area contributed by atoms with Crippen molar-refractivity contribution in [2.45, 2.75) is 39.2 Å². The number of urea groups is 1. The Labute approximate surface area is 121 Å². The van der Waals surface area contributed by atoms with Crippen molar-refractivity contribution in [3.05, 3.63) is 29.8 Å². The second kappa shape index (κ2) is 6.47. The molecule has 1 saturated heterocycles. The minimum atomic E-state index is -0.0274. The van der Waals surface area contributed by atoms with Crippen LogP contribution in [0.5, 0.6) is 0 Å². The second-order valence-electron chi connectivity index (χ2n) is 5.69. The number of carbonyl (C=O) groups is 1. The summed E-state index contributed by atoms with van der Waals surface area (Å²) < 4.78 is 0. The Morgan fingerprint density at radius 1 is 1.40 bits per heavy atom. The molecule has 1 heterocycles. The van der Waals surface area contributed by atoms with Crippen molar-refractivity contribution in [3.63, 3.8) is 0 Å². The number of hydrogen-bond acceptors (Lipinski definition) is 1. The van der Waals surface area contributed by atoms with E-state index >= 15 is 0 Å². The van der Waals surface area contributed by atoms with Crippen molar-refractivity contribution in [2.24, 2.45) is 5.92 Å². The van der Waals surface area contributed by atoms with Gasteiger partial charge in [-0.2, -0.15) is 0 Å². The van der Waals surface area contributed by atoms with Gasteiger partial charge in [0.25, 0.3) is 0 Å². The van der Waals surface area contributed by atoms with Crippen LogP contribution in [0.2, 0.25) is 0 Å². The van der Waals surface area contributed by atoms with Crippen molar-refractivity contribution in [1.82, 2.24) is 4.90 Å². The van der Waals surface area contributed by atoms with E-state index < -0.39 is 0 Å². The van der Waals surface area contributed by atoms with Gasteiger partial charge in [-0.1, -0.05) is 25.3 Å². The smallest absolute Gasteiger partial charge is 0.322 e. The van der Waals surface area contributed by atoms with E-state index in [1.807, 2.05) is 29.2 Å². The maximum absolute atomic E-state index is 12.4. The Morgan fingerprint density at radius 2 is 2.20 bits per heavy atom. The van der Waals surface area contributed by atoms with Crippen molar-refractivity contribution < 1.29 is 4.79 Å². The quantitative estimate of drug-likeness (QED) is 0.775. The molecule has 106 valence electrons. The van der Waals surface area contributed by atoms with Crippen molar-refractivity contribution in [3.8, 4) is 12.3 Å². The first-order valence-corrected chi connectivity index (χ1v) is 7.24. The monoisotopic (exact) mass is 270 g/mol. The molecular formula is C17H22N2O. The fraction of sp³-hybridized carbons (Fsp3) is 0.471. The van der Waals surface area contributed by atoms with Crippen LogP contribution in [0.25, 0.3) is 0 Å². The molecule has 2 rings (SSSR count). The lowest BCUT2D eigenvalue weighted by atomic mass is 10.1. The first kappa shape index (κ1) is 14.5. The van der Waals surface area contributed by atoms with Crippen LogP contribution in [0, 0.1) is 18.3 Å². The highest BCUT2D eigenvalue weighted by Crippen LogP contribution is 2.21. The lowest BCUT2D eigenvalue weighted by Gasteiger charge is -2.28.